The molecule has 2 rings (SSSR count). The second-order valence-electron chi connectivity index (χ2n) is 4.32. The maximum Gasteiger partial charge on any atom is 0.324 e. The van der Waals surface area contributed by atoms with Gasteiger partial charge in [0, 0.05) is 10.8 Å². The molecule has 6 nitrogen and oxygen atoms in total. The lowest BCUT2D eigenvalue weighted by atomic mass is 10.1. The summed E-state index contributed by atoms with van der Waals surface area (Å²) in [5, 5.41) is 10.2. The first-order chi connectivity index (χ1) is 10.2. The third-order valence-corrected chi connectivity index (χ3v) is 3.06. The highest BCUT2D eigenvalue weighted by atomic mass is 16.7. The second-order valence-corrected chi connectivity index (χ2v) is 4.32. The Bertz CT molecular complexity index is 606. The number of ether oxygens (including phenoxy) is 1. The Labute approximate surface area is 123 Å². The molecule has 0 heterocycles. The quantitative estimate of drug-likeness (QED) is 0.644. The summed E-state index contributed by atoms with van der Waals surface area (Å²) in [7, 11) is 4.66. The van der Waals surface area contributed by atoms with Gasteiger partial charge in [0.2, 0.25) is 5.71 Å². The van der Waals surface area contributed by atoms with Gasteiger partial charge in [-0.15, -0.1) is 0 Å². The average Bonchev–Trinajstić information content (AvgIpc) is 2.51. The summed E-state index contributed by atoms with van der Waals surface area (Å²) in [6, 6.07) is 5.09. The molecule has 1 aromatic carbocycles. The van der Waals surface area contributed by atoms with E-state index in [1.165, 1.54) is 14.2 Å². The number of allylic oxidation sites excluding steroid dienone is 4. The standard InChI is InChI=1S/C15H18N2O4/c1-19-12-7-4-6-11(10-12)17(21-3)15-13(16-20-2)8-5-9-14(15)18/h4-9,16H,10H2,1-3H3/p+1/b17-11+. The topological polar surface area (TPSA) is 63.0 Å². The van der Waals surface area contributed by atoms with E-state index in [-0.39, 0.29) is 5.75 Å². The predicted octanol–water partition coefficient (Wildman–Crippen LogP) is 2.50. The minimum absolute atomic E-state index is 0.0771. The van der Waals surface area contributed by atoms with Gasteiger partial charge in [0.1, 0.15) is 18.6 Å². The van der Waals surface area contributed by atoms with Crippen molar-refractivity contribution >= 4 is 17.1 Å². The Morgan fingerprint density at radius 2 is 2.05 bits per heavy atom. The third kappa shape index (κ3) is 3.17. The van der Waals surface area contributed by atoms with Gasteiger partial charge in [0.25, 0.3) is 0 Å². The van der Waals surface area contributed by atoms with Crippen LogP contribution >= 0.6 is 0 Å². The van der Waals surface area contributed by atoms with Crippen LogP contribution in [0.25, 0.3) is 0 Å². The van der Waals surface area contributed by atoms with Gasteiger partial charge >= 0.3 is 5.69 Å². The Morgan fingerprint density at radius 1 is 1.24 bits per heavy atom. The maximum atomic E-state index is 10.2. The van der Waals surface area contributed by atoms with E-state index in [0.29, 0.717) is 17.8 Å². The summed E-state index contributed by atoms with van der Waals surface area (Å²) in [6.45, 7) is 0. The summed E-state index contributed by atoms with van der Waals surface area (Å²) >= 11 is 0. The molecule has 2 N–H and O–H groups in total. The van der Waals surface area contributed by atoms with E-state index in [4.69, 9.17) is 14.4 Å². The molecule has 112 valence electrons. The largest absolute Gasteiger partial charge is 0.502 e. The van der Waals surface area contributed by atoms with E-state index < -0.39 is 0 Å². The number of hydrogen-bond donors (Lipinski definition) is 2. The highest BCUT2D eigenvalue weighted by Gasteiger charge is 2.27. The molecule has 0 aromatic heterocycles. The summed E-state index contributed by atoms with van der Waals surface area (Å²) in [6.07, 6.45) is 6.21. The van der Waals surface area contributed by atoms with Crippen molar-refractivity contribution in [3.05, 3.63) is 42.2 Å². The first kappa shape index (κ1) is 14.9. The number of rotatable bonds is 5. The zero-order chi connectivity index (χ0) is 15.2. The number of aromatic hydroxyl groups is 1. The Kier molecular flexibility index (Phi) is 4.84. The Balaban J connectivity index is 2.52. The van der Waals surface area contributed by atoms with E-state index >= 15 is 0 Å². The molecule has 0 saturated carbocycles. The fourth-order valence-electron chi connectivity index (χ4n) is 2.13. The molecule has 1 aliphatic rings. The van der Waals surface area contributed by atoms with Gasteiger partial charge in [-0.2, -0.15) is 0 Å². The Hall–Kier alpha value is -2.47. The monoisotopic (exact) mass is 291 g/mol. The minimum atomic E-state index is 0.0771. The van der Waals surface area contributed by atoms with Gasteiger partial charge in [-0.05, 0) is 18.2 Å². The first-order valence-electron chi connectivity index (χ1n) is 6.43. The lowest BCUT2D eigenvalue weighted by Crippen LogP contribution is -2.18. The molecule has 0 bridgehead atoms. The number of anilines is 1. The molecule has 0 atom stereocenters. The van der Waals surface area contributed by atoms with E-state index in [1.54, 1.807) is 30.0 Å². The van der Waals surface area contributed by atoms with Crippen molar-refractivity contribution in [3.63, 3.8) is 0 Å². The normalized spacial score (nSPS) is 16.2. The lowest BCUT2D eigenvalue weighted by molar-refractivity contribution is -0.720. The van der Waals surface area contributed by atoms with Gasteiger partial charge in [-0.3, -0.25) is 15.2 Å². The third-order valence-electron chi connectivity index (χ3n) is 3.06. The number of phenols is 1. The van der Waals surface area contributed by atoms with Crippen LogP contribution in [-0.2, 0) is 14.4 Å². The molecular formula is C15H19N2O4+. The smallest absolute Gasteiger partial charge is 0.324 e. The van der Waals surface area contributed by atoms with Crippen molar-refractivity contribution in [2.45, 2.75) is 6.42 Å². The van der Waals surface area contributed by atoms with Gasteiger partial charge in [-0.25, -0.2) is 0 Å². The van der Waals surface area contributed by atoms with Crippen LogP contribution in [0.3, 0.4) is 0 Å². The molecule has 1 aromatic rings. The van der Waals surface area contributed by atoms with Crippen LogP contribution in [0.1, 0.15) is 6.42 Å². The number of hydrogen-bond acceptors (Lipinski definition) is 5. The molecule has 0 amide bonds. The van der Waals surface area contributed by atoms with Crippen molar-refractivity contribution in [2.24, 2.45) is 0 Å². The lowest BCUT2D eigenvalue weighted by Gasteiger charge is -2.12. The van der Waals surface area contributed by atoms with Crippen LogP contribution < -0.4 is 5.48 Å². The summed E-state index contributed by atoms with van der Waals surface area (Å²) in [5.74, 6) is 0.888. The fourth-order valence-corrected chi connectivity index (χ4v) is 2.13. The number of phenolic OH excluding ortho intramolecular Hbond substituents is 1. The molecule has 1 aliphatic carbocycles. The van der Waals surface area contributed by atoms with Crippen molar-refractivity contribution < 1.29 is 24.3 Å². The fraction of sp³-hybridized carbons (Fsp3) is 0.267. The molecule has 0 spiro atoms. The van der Waals surface area contributed by atoms with E-state index in [1.807, 2.05) is 18.2 Å². The number of para-hydroxylation sites is 1. The molecule has 21 heavy (non-hydrogen) atoms. The molecule has 0 radical (unpaired) electrons. The predicted molar refractivity (Wildman–Crippen MR) is 79.5 cm³/mol. The van der Waals surface area contributed by atoms with Gasteiger partial charge in [0.15, 0.2) is 5.75 Å². The van der Waals surface area contributed by atoms with Crippen molar-refractivity contribution in [2.75, 3.05) is 26.8 Å². The first-order valence-corrected chi connectivity index (χ1v) is 6.43. The summed E-state index contributed by atoms with van der Waals surface area (Å²) < 4.78 is 6.80. The number of nitrogens with one attached hydrogen (secondary N) is 1. The maximum absolute atomic E-state index is 10.2. The van der Waals surface area contributed by atoms with Gasteiger partial charge in [-0.1, -0.05) is 12.1 Å². The highest BCUT2D eigenvalue weighted by molar-refractivity contribution is 5.94. The van der Waals surface area contributed by atoms with Crippen molar-refractivity contribution in [3.8, 4) is 5.75 Å². The Morgan fingerprint density at radius 3 is 2.71 bits per heavy atom. The van der Waals surface area contributed by atoms with Crippen LogP contribution in [-0.4, -0.2) is 36.9 Å². The number of benzene rings is 1. The zero-order valence-corrected chi connectivity index (χ0v) is 12.3. The molecule has 0 fully saturated rings. The van der Waals surface area contributed by atoms with Gasteiger partial charge in [0.05, 0.1) is 20.6 Å². The second kappa shape index (κ2) is 6.81. The van der Waals surface area contributed by atoms with Crippen LogP contribution in [0.15, 0.2) is 42.2 Å². The van der Waals surface area contributed by atoms with Gasteiger partial charge < -0.3 is 9.84 Å². The van der Waals surface area contributed by atoms with Crippen molar-refractivity contribution in [1.82, 2.24) is 0 Å². The molecule has 6 heteroatoms. The number of methoxy groups -OCH3 is 1. The average molecular weight is 291 g/mol. The van der Waals surface area contributed by atoms with Crippen molar-refractivity contribution in [1.29, 1.82) is 0 Å². The molecule has 0 aliphatic heterocycles. The highest BCUT2D eigenvalue weighted by Crippen LogP contribution is 2.35. The number of nitrogens with zero attached hydrogens (tertiary/aromatic N) is 1. The van der Waals surface area contributed by atoms with E-state index in [0.717, 1.165) is 11.5 Å². The zero-order valence-electron chi connectivity index (χ0n) is 12.3. The molecule has 0 unspecified atom stereocenters. The molecular weight excluding hydrogens is 272 g/mol. The van der Waals surface area contributed by atoms with Crippen LogP contribution in [0.4, 0.5) is 11.4 Å². The van der Waals surface area contributed by atoms with Crippen LogP contribution in [0.5, 0.6) is 5.75 Å². The van der Waals surface area contributed by atoms with Crippen LogP contribution in [0, 0.1) is 0 Å². The summed E-state index contributed by atoms with van der Waals surface area (Å²) in [4.78, 5) is 10.4. The van der Waals surface area contributed by atoms with Crippen LogP contribution in [0.2, 0.25) is 0 Å². The SMILES string of the molecule is CONc1cccc(O)c1/[N+](OC)=C1/C=CC=C(OC)C1. The summed E-state index contributed by atoms with van der Waals surface area (Å²) in [5.41, 5.74) is 4.62. The van der Waals surface area contributed by atoms with E-state index in [9.17, 15) is 5.11 Å². The molecule has 0 saturated heterocycles. The van der Waals surface area contributed by atoms with E-state index in [2.05, 4.69) is 5.48 Å². The minimum Gasteiger partial charge on any atom is -0.502 e.